The van der Waals surface area contributed by atoms with Crippen LogP contribution in [0.2, 0.25) is 0 Å². The molecule has 1 aliphatic rings. The lowest BCUT2D eigenvalue weighted by Gasteiger charge is -2.07. The summed E-state index contributed by atoms with van der Waals surface area (Å²) in [7, 11) is 0. The van der Waals surface area contributed by atoms with Crippen LogP contribution >= 0.6 is 0 Å². The fourth-order valence-corrected chi connectivity index (χ4v) is 2.23. The highest BCUT2D eigenvalue weighted by atomic mass is 16.6. The quantitative estimate of drug-likeness (QED) is 0.634. The number of benzene rings is 1. The maximum atomic E-state index is 11.7. The molecule has 1 aliphatic heterocycles. The van der Waals surface area contributed by atoms with Gasteiger partial charge in [0.25, 0.3) is 0 Å². The molecule has 1 saturated heterocycles. The number of esters is 1. The van der Waals surface area contributed by atoms with Crippen molar-refractivity contribution in [3.8, 4) is 0 Å². The number of rotatable bonds is 3. The molecule has 0 radical (unpaired) electrons. The number of para-hydroxylation sites is 1. The van der Waals surface area contributed by atoms with Gasteiger partial charge in [0, 0.05) is 24.1 Å². The molecular formula is C16H15NO3. The molecular weight excluding hydrogens is 254 g/mol. The Labute approximate surface area is 117 Å². The number of carbonyl (C=O) groups excluding carboxylic acids is 1. The van der Waals surface area contributed by atoms with Crippen molar-refractivity contribution in [1.29, 1.82) is 0 Å². The Bertz CT molecular complexity index is 640. The average molecular weight is 269 g/mol. The van der Waals surface area contributed by atoms with E-state index in [9.17, 15) is 4.79 Å². The standard InChI is InChI=1S/C16H15NO3/c18-16(20-13-8-10-19-11-13)6-5-12-7-9-17-15-4-2-1-3-14(12)15/h1-7,9,13H,8,10-11H2/b6-5+/t13-/m0/s1. The number of hydrogen-bond acceptors (Lipinski definition) is 4. The summed E-state index contributed by atoms with van der Waals surface area (Å²) >= 11 is 0. The molecule has 1 aromatic carbocycles. The van der Waals surface area contributed by atoms with E-state index in [1.165, 1.54) is 6.08 Å². The van der Waals surface area contributed by atoms with E-state index in [0.717, 1.165) is 22.9 Å². The van der Waals surface area contributed by atoms with Crippen LogP contribution in [0.3, 0.4) is 0 Å². The van der Waals surface area contributed by atoms with Crippen molar-refractivity contribution in [2.75, 3.05) is 13.2 Å². The monoisotopic (exact) mass is 269 g/mol. The van der Waals surface area contributed by atoms with Crippen LogP contribution < -0.4 is 0 Å². The normalized spacial score (nSPS) is 18.7. The molecule has 0 amide bonds. The van der Waals surface area contributed by atoms with Gasteiger partial charge in [-0.3, -0.25) is 4.98 Å². The summed E-state index contributed by atoms with van der Waals surface area (Å²) in [6, 6.07) is 9.70. The molecule has 2 aromatic rings. The zero-order chi connectivity index (χ0) is 13.8. The van der Waals surface area contributed by atoms with Gasteiger partial charge in [0.1, 0.15) is 6.10 Å². The van der Waals surface area contributed by atoms with Crippen LogP contribution in [0.4, 0.5) is 0 Å². The van der Waals surface area contributed by atoms with E-state index in [-0.39, 0.29) is 12.1 Å². The molecule has 4 heteroatoms. The van der Waals surface area contributed by atoms with Crippen LogP contribution in [0.25, 0.3) is 17.0 Å². The van der Waals surface area contributed by atoms with Gasteiger partial charge in [0.05, 0.1) is 18.7 Å². The molecule has 0 spiro atoms. The molecule has 4 nitrogen and oxygen atoms in total. The number of hydrogen-bond donors (Lipinski definition) is 0. The van der Waals surface area contributed by atoms with Gasteiger partial charge in [-0.05, 0) is 23.8 Å². The Kier molecular flexibility index (Phi) is 3.74. The lowest BCUT2D eigenvalue weighted by molar-refractivity contribution is -0.142. The molecule has 0 N–H and O–H groups in total. The maximum Gasteiger partial charge on any atom is 0.331 e. The predicted octanol–water partition coefficient (Wildman–Crippen LogP) is 2.58. The van der Waals surface area contributed by atoms with E-state index in [4.69, 9.17) is 9.47 Å². The van der Waals surface area contributed by atoms with Crippen molar-refractivity contribution in [2.24, 2.45) is 0 Å². The summed E-state index contributed by atoms with van der Waals surface area (Å²) in [4.78, 5) is 16.0. The first-order valence-electron chi connectivity index (χ1n) is 6.63. The molecule has 0 saturated carbocycles. The van der Waals surface area contributed by atoms with Crippen molar-refractivity contribution >= 4 is 22.9 Å². The van der Waals surface area contributed by atoms with E-state index in [2.05, 4.69) is 4.98 Å². The highest BCUT2D eigenvalue weighted by molar-refractivity contribution is 5.93. The zero-order valence-corrected chi connectivity index (χ0v) is 11.0. The fourth-order valence-electron chi connectivity index (χ4n) is 2.23. The Morgan fingerprint density at radius 2 is 2.25 bits per heavy atom. The summed E-state index contributed by atoms with van der Waals surface area (Å²) in [5.41, 5.74) is 1.86. The van der Waals surface area contributed by atoms with Crippen molar-refractivity contribution in [1.82, 2.24) is 4.98 Å². The number of fused-ring (bicyclic) bond motifs is 1. The molecule has 102 valence electrons. The summed E-state index contributed by atoms with van der Waals surface area (Å²) < 4.78 is 10.4. The van der Waals surface area contributed by atoms with Crippen molar-refractivity contribution in [3.05, 3.63) is 48.2 Å². The SMILES string of the molecule is O=C(/C=C/c1ccnc2ccccc12)O[C@H]1CCOC1. The van der Waals surface area contributed by atoms with E-state index in [1.54, 1.807) is 12.3 Å². The number of nitrogens with zero attached hydrogens (tertiary/aromatic N) is 1. The second-order valence-electron chi connectivity index (χ2n) is 4.67. The first kappa shape index (κ1) is 12.8. The third-order valence-electron chi connectivity index (χ3n) is 3.25. The molecule has 3 rings (SSSR count). The number of aromatic nitrogens is 1. The van der Waals surface area contributed by atoms with Gasteiger partial charge in [-0.1, -0.05) is 18.2 Å². The number of ether oxygens (including phenoxy) is 2. The minimum atomic E-state index is -0.332. The number of carbonyl (C=O) groups is 1. The second kappa shape index (κ2) is 5.84. The number of pyridine rings is 1. The van der Waals surface area contributed by atoms with Crippen molar-refractivity contribution < 1.29 is 14.3 Å². The summed E-state index contributed by atoms with van der Waals surface area (Å²) in [6.07, 6.45) is 5.62. The van der Waals surface area contributed by atoms with Gasteiger partial charge in [0.2, 0.25) is 0 Å². The van der Waals surface area contributed by atoms with Crippen LogP contribution in [-0.4, -0.2) is 30.3 Å². The Morgan fingerprint density at radius 3 is 3.10 bits per heavy atom. The Morgan fingerprint density at radius 1 is 1.35 bits per heavy atom. The molecule has 0 bridgehead atoms. The van der Waals surface area contributed by atoms with E-state index < -0.39 is 0 Å². The van der Waals surface area contributed by atoms with Crippen LogP contribution in [0.15, 0.2) is 42.6 Å². The molecule has 20 heavy (non-hydrogen) atoms. The molecule has 0 aliphatic carbocycles. The van der Waals surface area contributed by atoms with Gasteiger partial charge in [0.15, 0.2) is 0 Å². The zero-order valence-electron chi connectivity index (χ0n) is 11.0. The van der Waals surface area contributed by atoms with Gasteiger partial charge in [-0.15, -0.1) is 0 Å². The van der Waals surface area contributed by atoms with Gasteiger partial charge in [-0.25, -0.2) is 4.79 Å². The van der Waals surface area contributed by atoms with E-state index in [1.807, 2.05) is 30.3 Å². The van der Waals surface area contributed by atoms with Gasteiger partial charge < -0.3 is 9.47 Å². The topological polar surface area (TPSA) is 48.4 Å². The van der Waals surface area contributed by atoms with Crippen LogP contribution in [-0.2, 0) is 14.3 Å². The van der Waals surface area contributed by atoms with Gasteiger partial charge >= 0.3 is 5.97 Å². The van der Waals surface area contributed by atoms with Crippen LogP contribution in [0, 0.1) is 0 Å². The second-order valence-corrected chi connectivity index (χ2v) is 4.67. The van der Waals surface area contributed by atoms with E-state index in [0.29, 0.717) is 13.2 Å². The third-order valence-corrected chi connectivity index (χ3v) is 3.25. The smallest absolute Gasteiger partial charge is 0.331 e. The molecule has 1 aromatic heterocycles. The lowest BCUT2D eigenvalue weighted by atomic mass is 10.1. The molecule has 1 atom stereocenters. The predicted molar refractivity (Wildman–Crippen MR) is 76.1 cm³/mol. The molecule has 1 fully saturated rings. The van der Waals surface area contributed by atoms with Crippen molar-refractivity contribution in [3.63, 3.8) is 0 Å². The third kappa shape index (κ3) is 2.86. The Balaban J connectivity index is 1.75. The minimum Gasteiger partial charge on any atom is -0.457 e. The highest BCUT2D eigenvalue weighted by Crippen LogP contribution is 2.17. The summed E-state index contributed by atoms with van der Waals surface area (Å²) in [5.74, 6) is -0.332. The minimum absolute atomic E-state index is 0.110. The van der Waals surface area contributed by atoms with E-state index >= 15 is 0 Å². The van der Waals surface area contributed by atoms with Crippen molar-refractivity contribution in [2.45, 2.75) is 12.5 Å². The maximum absolute atomic E-state index is 11.7. The highest BCUT2D eigenvalue weighted by Gasteiger charge is 2.18. The first-order valence-corrected chi connectivity index (χ1v) is 6.63. The fraction of sp³-hybridized carbons (Fsp3) is 0.250. The van der Waals surface area contributed by atoms with Gasteiger partial charge in [-0.2, -0.15) is 0 Å². The average Bonchev–Trinajstić information content (AvgIpc) is 2.98. The van der Waals surface area contributed by atoms with Crippen LogP contribution in [0.5, 0.6) is 0 Å². The molecule has 2 heterocycles. The van der Waals surface area contributed by atoms with Crippen LogP contribution in [0.1, 0.15) is 12.0 Å². The first-order chi connectivity index (χ1) is 9.83. The largest absolute Gasteiger partial charge is 0.457 e. The Hall–Kier alpha value is -2.20. The summed E-state index contributed by atoms with van der Waals surface area (Å²) in [5, 5.41) is 1.02. The molecule has 0 unspecified atom stereocenters. The summed E-state index contributed by atoms with van der Waals surface area (Å²) in [6.45, 7) is 1.16. The lowest BCUT2D eigenvalue weighted by Crippen LogP contribution is -2.16.